The Bertz CT molecular complexity index is 472. The molecule has 3 heteroatoms. The van der Waals surface area contributed by atoms with Crippen LogP contribution in [0.5, 0.6) is 0 Å². The summed E-state index contributed by atoms with van der Waals surface area (Å²) in [7, 11) is 0. The number of fused-ring (bicyclic) bond motifs is 5. The maximum atomic E-state index is 3.57. The molecular weight excluding hydrogens is 244 g/mol. The van der Waals surface area contributed by atoms with Crippen LogP contribution in [0.1, 0.15) is 30.0 Å². The molecular formula is C15H21ClN2. The number of hydrogen-bond acceptors (Lipinski definition) is 2. The van der Waals surface area contributed by atoms with Gasteiger partial charge in [-0.25, -0.2) is 0 Å². The Labute approximate surface area is 115 Å². The fraction of sp³-hybridized carbons (Fsp3) is 0.600. The average Bonchev–Trinajstić information content (AvgIpc) is 2.91. The average molecular weight is 265 g/mol. The second-order valence-electron chi connectivity index (χ2n) is 5.84. The highest BCUT2D eigenvalue weighted by atomic mass is 35.5. The highest BCUT2D eigenvalue weighted by Gasteiger charge is 2.37. The number of nitrogens with one attached hydrogen (secondary N) is 1. The van der Waals surface area contributed by atoms with Crippen molar-refractivity contribution in [2.75, 3.05) is 18.0 Å². The first-order valence-corrected chi connectivity index (χ1v) is 6.97. The SMILES string of the molecule is C[C@@H]1CNC[C@@H]2Cc3ccc4c(c3N21)CCC4.Cl. The minimum absolute atomic E-state index is 0. The lowest BCUT2D eigenvalue weighted by Crippen LogP contribution is -2.55. The van der Waals surface area contributed by atoms with Crippen molar-refractivity contribution in [3.63, 3.8) is 0 Å². The lowest BCUT2D eigenvalue weighted by atomic mass is 10.0. The van der Waals surface area contributed by atoms with Crippen LogP contribution in [0.15, 0.2) is 12.1 Å². The third-order valence-corrected chi connectivity index (χ3v) is 4.74. The molecule has 1 aromatic rings. The summed E-state index contributed by atoms with van der Waals surface area (Å²) in [6.45, 7) is 4.66. The molecule has 2 nitrogen and oxygen atoms in total. The van der Waals surface area contributed by atoms with E-state index in [1.165, 1.54) is 25.7 Å². The van der Waals surface area contributed by atoms with E-state index in [-0.39, 0.29) is 12.4 Å². The number of anilines is 1. The predicted molar refractivity (Wildman–Crippen MR) is 78.0 cm³/mol. The van der Waals surface area contributed by atoms with Crippen LogP contribution in [0.2, 0.25) is 0 Å². The van der Waals surface area contributed by atoms with Crippen LogP contribution in [0, 0.1) is 0 Å². The van der Waals surface area contributed by atoms with E-state index in [1.807, 2.05) is 0 Å². The van der Waals surface area contributed by atoms with E-state index in [2.05, 4.69) is 29.3 Å². The Balaban J connectivity index is 0.000001000. The van der Waals surface area contributed by atoms with E-state index in [0.717, 1.165) is 13.1 Å². The molecule has 0 aromatic heterocycles. The molecule has 0 radical (unpaired) electrons. The summed E-state index contributed by atoms with van der Waals surface area (Å²) in [5.41, 5.74) is 6.53. The minimum Gasteiger partial charge on any atom is -0.362 e. The molecule has 0 bridgehead atoms. The van der Waals surface area contributed by atoms with Crippen molar-refractivity contribution in [3.8, 4) is 0 Å². The number of rotatable bonds is 0. The summed E-state index contributed by atoms with van der Waals surface area (Å²) in [4.78, 5) is 2.72. The quantitative estimate of drug-likeness (QED) is 0.774. The largest absolute Gasteiger partial charge is 0.362 e. The summed E-state index contributed by atoms with van der Waals surface area (Å²) < 4.78 is 0. The molecule has 18 heavy (non-hydrogen) atoms. The fourth-order valence-electron chi connectivity index (χ4n) is 4.02. The monoisotopic (exact) mass is 264 g/mol. The van der Waals surface area contributed by atoms with E-state index in [1.54, 1.807) is 22.4 Å². The van der Waals surface area contributed by atoms with E-state index in [9.17, 15) is 0 Å². The number of hydrogen-bond donors (Lipinski definition) is 1. The van der Waals surface area contributed by atoms with E-state index >= 15 is 0 Å². The highest BCUT2D eigenvalue weighted by Crippen LogP contribution is 2.42. The first kappa shape index (κ1) is 12.3. The van der Waals surface area contributed by atoms with Crippen LogP contribution >= 0.6 is 12.4 Å². The van der Waals surface area contributed by atoms with Crippen molar-refractivity contribution in [1.29, 1.82) is 0 Å². The van der Waals surface area contributed by atoms with Gasteiger partial charge in [0.05, 0.1) is 0 Å². The summed E-state index contributed by atoms with van der Waals surface area (Å²) in [5.74, 6) is 0. The van der Waals surface area contributed by atoms with Gasteiger partial charge in [0, 0.05) is 30.9 Å². The normalized spacial score (nSPS) is 28.4. The summed E-state index contributed by atoms with van der Waals surface area (Å²) in [5, 5.41) is 3.57. The molecule has 0 unspecified atom stereocenters. The van der Waals surface area contributed by atoms with Crippen molar-refractivity contribution in [1.82, 2.24) is 5.32 Å². The minimum atomic E-state index is 0. The number of piperazine rings is 1. The number of benzene rings is 1. The molecule has 3 aliphatic rings. The molecule has 98 valence electrons. The molecule has 1 aromatic carbocycles. The Hall–Kier alpha value is -0.730. The van der Waals surface area contributed by atoms with Crippen LogP contribution in [0.4, 0.5) is 5.69 Å². The van der Waals surface area contributed by atoms with Gasteiger partial charge in [-0.1, -0.05) is 12.1 Å². The molecule has 0 saturated carbocycles. The molecule has 1 N–H and O–H groups in total. The maximum Gasteiger partial charge on any atom is 0.0459 e. The maximum absolute atomic E-state index is 3.57. The van der Waals surface area contributed by atoms with Gasteiger partial charge in [-0.3, -0.25) is 0 Å². The van der Waals surface area contributed by atoms with Gasteiger partial charge < -0.3 is 10.2 Å². The molecule has 4 rings (SSSR count). The molecule has 0 amide bonds. The summed E-state index contributed by atoms with van der Waals surface area (Å²) in [6.07, 6.45) is 5.21. The van der Waals surface area contributed by atoms with Gasteiger partial charge in [-0.15, -0.1) is 12.4 Å². The number of halogens is 1. The molecule has 1 fully saturated rings. The Morgan fingerprint density at radius 1 is 1.17 bits per heavy atom. The van der Waals surface area contributed by atoms with Crippen LogP contribution in [-0.4, -0.2) is 25.2 Å². The highest BCUT2D eigenvalue weighted by molar-refractivity contribution is 5.85. The Kier molecular flexibility index (Phi) is 3.03. The fourth-order valence-corrected chi connectivity index (χ4v) is 4.02. The lowest BCUT2D eigenvalue weighted by Gasteiger charge is -2.39. The lowest BCUT2D eigenvalue weighted by molar-refractivity contribution is 0.429. The van der Waals surface area contributed by atoms with E-state index < -0.39 is 0 Å². The van der Waals surface area contributed by atoms with Crippen LogP contribution in [0.3, 0.4) is 0 Å². The predicted octanol–water partition coefficient (Wildman–Crippen LogP) is 2.32. The first-order chi connectivity index (χ1) is 8.34. The van der Waals surface area contributed by atoms with Gasteiger partial charge in [0.15, 0.2) is 0 Å². The van der Waals surface area contributed by atoms with Crippen molar-refractivity contribution in [2.45, 2.75) is 44.7 Å². The second kappa shape index (κ2) is 4.43. The van der Waals surface area contributed by atoms with Crippen LogP contribution in [-0.2, 0) is 19.3 Å². The van der Waals surface area contributed by atoms with E-state index in [4.69, 9.17) is 0 Å². The van der Waals surface area contributed by atoms with Gasteiger partial charge in [0.25, 0.3) is 0 Å². The van der Waals surface area contributed by atoms with Gasteiger partial charge in [-0.05, 0) is 49.3 Å². The van der Waals surface area contributed by atoms with Crippen molar-refractivity contribution < 1.29 is 0 Å². The molecule has 2 heterocycles. The molecule has 2 atom stereocenters. The van der Waals surface area contributed by atoms with Gasteiger partial charge in [0.2, 0.25) is 0 Å². The Morgan fingerprint density at radius 3 is 2.89 bits per heavy atom. The van der Waals surface area contributed by atoms with Gasteiger partial charge in [-0.2, -0.15) is 0 Å². The summed E-state index contributed by atoms with van der Waals surface area (Å²) >= 11 is 0. The topological polar surface area (TPSA) is 15.3 Å². The molecule has 1 saturated heterocycles. The molecule has 2 aliphatic heterocycles. The third-order valence-electron chi connectivity index (χ3n) is 4.74. The molecule has 1 aliphatic carbocycles. The summed E-state index contributed by atoms with van der Waals surface area (Å²) in [6, 6.07) is 6.14. The number of aryl methyl sites for hydroxylation is 1. The van der Waals surface area contributed by atoms with Crippen LogP contribution in [0.25, 0.3) is 0 Å². The second-order valence-corrected chi connectivity index (χ2v) is 5.84. The zero-order chi connectivity index (χ0) is 11.4. The Morgan fingerprint density at radius 2 is 2.00 bits per heavy atom. The smallest absolute Gasteiger partial charge is 0.0459 e. The van der Waals surface area contributed by atoms with Gasteiger partial charge in [0.1, 0.15) is 0 Å². The zero-order valence-corrected chi connectivity index (χ0v) is 11.7. The van der Waals surface area contributed by atoms with Gasteiger partial charge >= 0.3 is 0 Å². The zero-order valence-electron chi connectivity index (χ0n) is 10.9. The molecule has 0 spiro atoms. The van der Waals surface area contributed by atoms with Crippen molar-refractivity contribution in [3.05, 3.63) is 28.8 Å². The number of nitrogens with zero attached hydrogens (tertiary/aromatic N) is 1. The first-order valence-electron chi connectivity index (χ1n) is 6.97. The standard InChI is InChI=1S/C15H20N2.ClH/c1-10-8-16-9-13-7-12-6-5-11-3-2-4-14(11)15(12)17(10)13;/h5-6,10,13,16H,2-4,7-9H2,1H3;1H/t10-,13+;/m1./s1. The van der Waals surface area contributed by atoms with Crippen molar-refractivity contribution in [2.24, 2.45) is 0 Å². The van der Waals surface area contributed by atoms with Crippen LogP contribution < -0.4 is 10.2 Å². The van der Waals surface area contributed by atoms with Crippen molar-refractivity contribution >= 4 is 18.1 Å². The third kappa shape index (κ3) is 1.59. The van der Waals surface area contributed by atoms with E-state index in [0.29, 0.717) is 12.1 Å².